The van der Waals surface area contributed by atoms with Crippen LogP contribution in [0.2, 0.25) is 0 Å². The summed E-state index contributed by atoms with van der Waals surface area (Å²) in [5.41, 5.74) is 7.16. The highest BCUT2D eigenvalue weighted by Gasteiger charge is 2.06. The van der Waals surface area contributed by atoms with E-state index in [0.29, 0.717) is 5.56 Å². The molecule has 2 rings (SSSR count). The van der Waals surface area contributed by atoms with Crippen LogP contribution < -0.4 is 5.43 Å². The first-order chi connectivity index (χ1) is 9.58. The van der Waals surface area contributed by atoms with E-state index in [4.69, 9.17) is 0 Å². The van der Waals surface area contributed by atoms with Crippen LogP contribution in [-0.2, 0) is 0 Å². The minimum atomic E-state index is -0.261. The van der Waals surface area contributed by atoms with Gasteiger partial charge in [0.05, 0.1) is 11.3 Å². The molecule has 0 fully saturated rings. The number of hydrogen-bond acceptors (Lipinski definition) is 3. The molecule has 1 amide bonds. The Morgan fingerprint density at radius 1 is 1.25 bits per heavy atom. The number of hydrogen-bond donors (Lipinski definition) is 1. The third-order valence-corrected chi connectivity index (χ3v) is 3.03. The van der Waals surface area contributed by atoms with E-state index in [1.807, 2.05) is 26.8 Å². The zero-order valence-corrected chi connectivity index (χ0v) is 11.8. The lowest BCUT2D eigenvalue weighted by atomic mass is 10.0. The van der Waals surface area contributed by atoms with Crippen molar-refractivity contribution in [3.05, 3.63) is 65.0 Å². The summed E-state index contributed by atoms with van der Waals surface area (Å²) in [4.78, 5) is 15.8. The van der Waals surface area contributed by atoms with E-state index in [-0.39, 0.29) is 5.91 Å². The van der Waals surface area contributed by atoms with E-state index >= 15 is 0 Å². The molecule has 20 heavy (non-hydrogen) atoms. The van der Waals surface area contributed by atoms with Gasteiger partial charge in [0.15, 0.2) is 0 Å². The van der Waals surface area contributed by atoms with Crippen LogP contribution in [-0.4, -0.2) is 16.6 Å². The van der Waals surface area contributed by atoms with Gasteiger partial charge in [0.25, 0.3) is 5.91 Å². The molecule has 0 saturated heterocycles. The molecule has 1 aromatic heterocycles. The first-order valence-electron chi connectivity index (χ1n) is 6.40. The molecular formula is C16H17N3O. The van der Waals surface area contributed by atoms with Gasteiger partial charge in [0, 0.05) is 18.0 Å². The number of pyridine rings is 1. The van der Waals surface area contributed by atoms with E-state index in [2.05, 4.69) is 27.6 Å². The van der Waals surface area contributed by atoms with E-state index in [1.165, 1.54) is 11.8 Å². The average Bonchev–Trinajstić information content (AvgIpc) is 2.47. The molecule has 1 N–H and O–H groups in total. The third-order valence-electron chi connectivity index (χ3n) is 3.03. The first-order valence-corrected chi connectivity index (χ1v) is 6.40. The Morgan fingerprint density at radius 2 is 2.05 bits per heavy atom. The summed E-state index contributed by atoms with van der Waals surface area (Å²) in [5, 5.41) is 4.16. The van der Waals surface area contributed by atoms with Crippen molar-refractivity contribution < 1.29 is 4.79 Å². The molecule has 0 aliphatic heterocycles. The number of carbonyl (C=O) groups is 1. The van der Waals surface area contributed by atoms with Gasteiger partial charge in [-0.2, -0.15) is 5.10 Å². The number of carbonyl (C=O) groups excluding carboxylic acids is 1. The van der Waals surface area contributed by atoms with Gasteiger partial charge in [-0.1, -0.05) is 17.7 Å². The van der Waals surface area contributed by atoms with Gasteiger partial charge < -0.3 is 0 Å². The van der Waals surface area contributed by atoms with Gasteiger partial charge in [-0.05, 0) is 44.5 Å². The van der Waals surface area contributed by atoms with Crippen molar-refractivity contribution in [2.75, 3.05) is 0 Å². The van der Waals surface area contributed by atoms with Crippen molar-refractivity contribution in [2.45, 2.75) is 20.8 Å². The van der Waals surface area contributed by atoms with Crippen molar-refractivity contribution in [3.63, 3.8) is 0 Å². The van der Waals surface area contributed by atoms with Gasteiger partial charge in [0.2, 0.25) is 0 Å². The van der Waals surface area contributed by atoms with Gasteiger partial charge in [0.1, 0.15) is 0 Å². The fourth-order valence-corrected chi connectivity index (χ4v) is 1.88. The fourth-order valence-electron chi connectivity index (χ4n) is 1.88. The van der Waals surface area contributed by atoms with Crippen LogP contribution in [0.25, 0.3) is 0 Å². The number of hydrazone groups is 1. The second-order valence-electron chi connectivity index (χ2n) is 4.70. The van der Waals surface area contributed by atoms with Crippen LogP contribution in [0, 0.1) is 13.8 Å². The van der Waals surface area contributed by atoms with Gasteiger partial charge in [-0.15, -0.1) is 0 Å². The second-order valence-corrected chi connectivity index (χ2v) is 4.70. The van der Waals surface area contributed by atoms with E-state index in [1.54, 1.807) is 18.3 Å². The van der Waals surface area contributed by atoms with E-state index in [9.17, 15) is 4.79 Å². The Morgan fingerprint density at radius 3 is 2.75 bits per heavy atom. The quantitative estimate of drug-likeness (QED) is 0.686. The Kier molecular flexibility index (Phi) is 4.25. The molecule has 1 aromatic carbocycles. The number of nitrogens with one attached hydrogen (secondary N) is 1. The van der Waals surface area contributed by atoms with Crippen LogP contribution in [0.3, 0.4) is 0 Å². The Hall–Kier alpha value is -2.49. The first kappa shape index (κ1) is 13.9. The zero-order chi connectivity index (χ0) is 14.5. The van der Waals surface area contributed by atoms with E-state index < -0.39 is 0 Å². The molecule has 0 saturated carbocycles. The van der Waals surface area contributed by atoms with Crippen LogP contribution >= 0.6 is 0 Å². The molecular weight excluding hydrogens is 250 g/mol. The van der Waals surface area contributed by atoms with Crippen molar-refractivity contribution in [1.29, 1.82) is 0 Å². The lowest BCUT2D eigenvalue weighted by Gasteiger charge is -2.07. The number of rotatable bonds is 3. The summed E-state index contributed by atoms with van der Waals surface area (Å²) < 4.78 is 0. The molecule has 102 valence electrons. The minimum Gasteiger partial charge on any atom is -0.267 e. The van der Waals surface area contributed by atoms with Crippen molar-refractivity contribution >= 4 is 11.6 Å². The second kappa shape index (κ2) is 6.10. The smallest absolute Gasteiger partial charge is 0.267 e. The number of nitrogens with zero attached hydrogens (tertiary/aromatic N) is 2. The molecule has 0 bridgehead atoms. The molecule has 0 radical (unpaired) electrons. The largest absolute Gasteiger partial charge is 0.272 e. The van der Waals surface area contributed by atoms with Crippen molar-refractivity contribution in [2.24, 2.45) is 5.10 Å². The molecule has 4 heteroatoms. The number of aryl methyl sites for hydroxylation is 2. The standard InChI is InChI=1S/C16H17N3O/c1-11-6-7-12(2)15(9-11)13(3)18-19-16(20)14-5-4-8-17-10-14/h4-10H,1-3H3,(H,19,20)/b18-13-. The molecule has 0 unspecified atom stereocenters. The summed E-state index contributed by atoms with van der Waals surface area (Å²) in [5.74, 6) is -0.261. The highest BCUT2D eigenvalue weighted by atomic mass is 16.2. The summed E-state index contributed by atoms with van der Waals surface area (Å²) in [6, 6.07) is 9.58. The maximum atomic E-state index is 11.9. The predicted octanol–water partition coefficient (Wildman–Crippen LogP) is 2.85. The number of aromatic nitrogens is 1. The SMILES string of the molecule is C/C(=N/NC(=O)c1cccnc1)c1cc(C)ccc1C. The Balaban J connectivity index is 2.15. The highest BCUT2D eigenvalue weighted by molar-refractivity contribution is 6.01. The molecule has 2 aromatic rings. The summed E-state index contributed by atoms with van der Waals surface area (Å²) >= 11 is 0. The van der Waals surface area contributed by atoms with Gasteiger partial charge in [-0.3, -0.25) is 9.78 Å². The zero-order valence-electron chi connectivity index (χ0n) is 11.8. The maximum absolute atomic E-state index is 11.9. The van der Waals surface area contributed by atoms with Crippen molar-refractivity contribution in [3.8, 4) is 0 Å². The minimum absolute atomic E-state index is 0.261. The molecule has 0 atom stereocenters. The summed E-state index contributed by atoms with van der Waals surface area (Å²) in [6.07, 6.45) is 3.14. The van der Waals surface area contributed by atoms with Crippen molar-refractivity contribution in [1.82, 2.24) is 10.4 Å². The molecule has 0 aliphatic rings. The normalized spacial score (nSPS) is 11.2. The number of amides is 1. The van der Waals surface area contributed by atoms with Crippen LogP contribution in [0.5, 0.6) is 0 Å². The van der Waals surface area contributed by atoms with Crippen LogP contribution in [0.1, 0.15) is 34.0 Å². The molecule has 0 aliphatic carbocycles. The fraction of sp³-hybridized carbons (Fsp3) is 0.188. The van der Waals surface area contributed by atoms with E-state index in [0.717, 1.165) is 16.8 Å². The maximum Gasteiger partial charge on any atom is 0.272 e. The summed E-state index contributed by atoms with van der Waals surface area (Å²) in [6.45, 7) is 5.94. The van der Waals surface area contributed by atoms with Gasteiger partial charge in [-0.25, -0.2) is 5.43 Å². The lowest BCUT2D eigenvalue weighted by molar-refractivity contribution is 0.0954. The van der Waals surface area contributed by atoms with Crippen LogP contribution in [0.4, 0.5) is 0 Å². The third kappa shape index (κ3) is 3.29. The van der Waals surface area contributed by atoms with Crippen LogP contribution in [0.15, 0.2) is 47.8 Å². The molecule has 4 nitrogen and oxygen atoms in total. The lowest BCUT2D eigenvalue weighted by Crippen LogP contribution is -2.19. The number of benzene rings is 1. The predicted molar refractivity (Wildman–Crippen MR) is 79.8 cm³/mol. The average molecular weight is 267 g/mol. The Bertz CT molecular complexity index is 648. The molecule has 1 heterocycles. The van der Waals surface area contributed by atoms with Gasteiger partial charge >= 0.3 is 0 Å². The molecule has 0 spiro atoms. The topological polar surface area (TPSA) is 54.4 Å². The monoisotopic (exact) mass is 267 g/mol. The Labute approximate surface area is 118 Å². The summed E-state index contributed by atoms with van der Waals surface area (Å²) in [7, 11) is 0. The highest BCUT2D eigenvalue weighted by Crippen LogP contribution is 2.11.